The number of hydrogen-bond donors (Lipinski definition) is 0. The van der Waals surface area contributed by atoms with Gasteiger partial charge in [0.25, 0.3) is 8.32 Å². The van der Waals surface area contributed by atoms with Crippen LogP contribution in [0.15, 0.2) is 22.7 Å². The van der Waals surface area contributed by atoms with E-state index < -0.39 is 8.32 Å². The van der Waals surface area contributed by atoms with E-state index in [0.717, 1.165) is 10.2 Å². The molecule has 1 rings (SSSR count). The van der Waals surface area contributed by atoms with Gasteiger partial charge in [0.2, 0.25) is 0 Å². The molecule has 1 nitrogen and oxygen atoms in total. The highest BCUT2D eigenvalue weighted by Crippen LogP contribution is 2.39. The Morgan fingerprint density at radius 2 is 1.75 bits per heavy atom. The Hall–Kier alpha value is -0.283. The molecular weight excluding hydrogens is 280 g/mol. The first-order chi connectivity index (χ1) is 7.13. The topological polar surface area (TPSA) is 9.23 Å². The van der Waals surface area contributed by atoms with Crippen LogP contribution in [-0.4, -0.2) is 8.32 Å². The highest BCUT2D eigenvalue weighted by Gasteiger charge is 2.39. The molecule has 1 aromatic carbocycles. The average Bonchev–Trinajstić information content (AvgIpc) is 2.08. The molecule has 16 heavy (non-hydrogen) atoms. The minimum Gasteiger partial charge on any atom is -0.543 e. The van der Waals surface area contributed by atoms with Crippen LogP contribution in [0.4, 0.5) is 0 Å². The van der Waals surface area contributed by atoms with Crippen molar-refractivity contribution in [2.45, 2.75) is 45.8 Å². The van der Waals surface area contributed by atoms with E-state index in [2.05, 4.69) is 74.9 Å². The Morgan fingerprint density at radius 1 is 1.19 bits per heavy atom. The molecule has 0 saturated heterocycles. The first-order valence-corrected chi connectivity index (χ1v) is 9.29. The number of rotatable bonds is 2. The van der Waals surface area contributed by atoms with Crippen LogP contribution in [0.25, 0.3) is 0 Å². The minimum atomic E-state index is -1.72. The van der Waals surface area contributed by atoms with Crippen molar-refractivity contribution in [1.29, 1.82) is 0 Å². The van der Waals surface area contributed by atoms with Crippen molar-refractivity contribution in [2.24, 2.45) is 0 Å². The molecule has 0 heterocycles. The third kappa shape index (κ3) is 3.11. The van der Waals surface area contributed by atoms with Crippen molar-refractivity contribution in [1.82, 2.24) is 0 Å². The average molecular weight is 301 g/mol. The summed E-state index contributed by atoms with van der Waals surface area (Å²) in [5.41, 5.74) is 1.24. The van der Waals surface area contributed by atoms with Gasteiger partial charge in [0.1, 0.15) is 5.75 Å². The molecule has 0 atom stereocenters. The van der Waals surface area contributed by atoms with E-state index in [4.69, 9.17) is 4.43 Å². The molecule has 0 aliphatic rings. The Kier molecular flexibility index (Phi) is 3.90. The Labute approximate surface area is 108 Å². The van der Waals surface area contributed by atoms with Crippen molar-refractivity contribution in [2.75, 3.05) is 0 Å². The van der Waals surface area contributed by atoms with Gasteiger partial charge in [0.05, 0.1) is 4.47 Å². The molecule has 90 valence electrons. The van der Waals surface area contributed by atoms with Crippen molar-refractivity contribution < 1.29 is 4.43 Å². The van der Waals surface area contributed by atoms with E-state index in [1.807, 2.05) is 0 Å². The molecule has 0 radical (unpaired) electrons. The lowest BCUT2D eigenvalue weighted by Crippen LogP contribution is -2.43. The van der Waals surface area contributed by atoms with Gasteiger partial charge in [0, 0.05) is 0 Å². The van der Waals surface area contributed by atoms with Crippen LogP contribution in [-0.2, 0) is 0 Å². The summed E-state index contributed by atoms with van der Waals surface area (Å²) in [6.07, 6.45) is 0. The third-order valence-corrected chi connectivity index (χ3v) is 8.22. The van der Waals surface area contributed by atoms with E-state index in [-0.39, 0.29) is 5.04 Å². The lowest BCUT2D eigenvalue weighted by molar-refractivity contribution is 0.489. The number of halogens is 1. The Balaban J connectivity index is 2.97. The summed E-state index contributed by atoms with van der Waals surface area (Å²) in [6, 6.07) is 6.25. The second kappa shape index (κ2) is 4.53. The Bertz CT molecular complexity index is 380. The molecule has 0 aliphatic heterocycles. The largest absolute Gasteiger partial charge is 0.543 e. The number of hydrogen-bond acceptors (Lipinski definition) is 1. The molecule has 0 aliphatic carbocycles. The fourth-order valence-corrected chi connectivity index (χ4v) is 2.87. The maximum atomic E-state index is 6.24. The second-order valence-electron chi connectivity index (χ2n) is 5.80. The summed E-state index contributed by atoms with van der Waals surface area (Å²) in [6.45, 7) is 13.4. The van der Waals surface area contributed by atoms with Crippen LogP contribution in [0.1, 0.15) is 26.3 Å². The van der Waals surface area contributed by atoms with Crippen molar-refractivity contribution >= 4 is 24.2 Å². The normalized spacial score (nSPS) is 12.7. The fraction of sp³-hybridized carbons (Fsp3) is 0.538. The first-order valence-electron chi connectivity index (χ1n) is 5.59. The van der Waals surface area contributed by atoms with Gasteiger partial charge in [-0.05, 0) is 58.7 Å². The smallest absolute Gasteiger partial charge is 0.250 e. The Morgan fingerprint density at radius 3 is 2.19 bits per heavy atom. The quantitative estimate of drug-likeness (QED) is 0.687. The SMILES string of the molecule is Cc1ccc(O[Si](C)(C)C(C)(C)C)c(Br)c1. The van der Waals surface area contributed by atoms with Gasteiger partial charge >= 0.3 is 0 Å². The summed E-state index contributed by atoms with van der Waals surface area (Å²) < 4.78 is 7.30. The maximum absolute atomic E-state index is 6.24. The summed E-state index contributed by atoms with van der Waals surface area (Å²) >= 11 is 3.56. The molecule has 0 N–H and O–H groups in total. The standard InChI is InChI=1S/C13H21BrOSi/c1-10-7-8-12(11(14)9-10)15-16(5,6)13(2,3)4/h7-9H,1-6H3. The van der Waals surface area contributed by atoms with E-state index >= 15 is 0 Å². The fourth-order valence-electron chi connectivity index (χ4n) is 1.12. The lowest BCUT2D eigenvalue weighted by atomic mass is 10.2. The van der Waals surface area contributed by atoms with Crippen LogP contribution >= 0.6 is 15.9 Å². The molecule has 1 aromatic rings. The summed E-state index contributed by atoms with van der Waals surface area (Å²) in [5.74, 6) is 0.970. The zero-order valence-corrected chi connectivity index (χ0v) is 13.6. The van der Waals surface area contributed by atoms with E-state index in [9.17, 15) is 0 Å². The van der Waals surface area contributed by atoms with Crippen molar-refractivity contribution in [3.05, 3.63) is 28.2 Å². The van der Waals surface area contributed by atoms with Crippen LogP contribution in [0.5, 0.6) is 5.75 Å². The zero-order valence-electron chi connectivity index (χ0n) is 11.0. The van der Waals surface area contributed by atoms with E-state index in [1.54, 1.807) is 0 Å². The predicted molar refractivity (Wildman–Crippen MR) is 76.7 cm³/mol. The molecule has 0 bridgehead atoms. The highest BCUT2D eigenvalue weighted by molar-refractivity contribution is 9.10. The van der Waals surface area contributed by atoms with Gasteiger partial charge in [-0.3, -0.25) is 0 Å². The molecule has 0 saturated carbocycles. The van der Waals surface area contributed by atoms with Gasteiger partial charge in [-0.1, -0.05) is 26.8 Å². The van der Waals surface area contributed by atoms with Crippen molar-refractivity contribution in [3.8, 4) is 5.75 Å². The summed E-state index contributed by atoms with van der Waals surface area (Å²) in [4.78, 5) is 0. The first kappa shape index (κ1) is 13.8. The van der Waals surface area contributed by atoms with Gasteiger partial charge in [-0.25, -0.2) is 0 Å². The van der Waals surface area contributed by atoms with Gasteiger partial charge in [-0.2, -0.15) is 0 Å². The maximum Gasteiger partial charge on any atom is 0.250 e. The van der Waals surface area contributed by atoms with Crippen molar-refractivity contribution in [3.63, 3.8) is 0 Å². The number of benzene rings is 1. The summed E-state index contributed by atoms with van der Waals surface area (Å²) in [5, 5.41) is 0.233. The van der Waals surface area contributed by atoms with Gasteiger partial charge in [-0.15, -0.1) is 0 Å². The molecule has 0 unspecified atom stereocenters. The summed E-state index contributed by atoms with van der Waals surface area (Å²) in [7, 11) is -1.72. The van der Waals surface area contributed by atoms with Crippen LogP contribution in [0.2, 0.25) is 18.1 Å². The van der Waals surface area contributed by atoms with Crippen LogP contribution in [0, 0.1) is 6.92 Å². The molecule has 0 amide bonds. The number of aryl methyl sites for hydroxylation is 1. The third-order valence-electron chi connectivity index (χ3n) is 3.26. The second-order valence-corrected chi connectivity index (χ2v) is 11.4. The molecule has 0 fully saturated rings. The molecule has 0 spiro atoms. The molecular formula is C13H21BrOSi. The van der Waals surface area contributed by atoms with Crippen LogP contribution in [0.3, 0.4) is 0 Å². The van der Waals surface area contributed by atoms with E-state index in [0.29, 0.717) is 0 Å². The lowest BCUT2D eigenvalue weighted by Gasteiger charge is -2.36. The van der Waals surface area contributed by atoms with Crippen LogP contribution < -0.4 is 4.43 Å². The monoisotopic (exact) mass is 300 g/mol. The van der Waals surface area contributed by atoms with Gasteiger partial charge < -0.3 is 4.43 Å². The molecule has 3 heteroatoms. The predicted octanol–water partition coefficient (Wildman–Crippen LogP) is 5.14. The molecule has 0 aromatic heterocycles. The highest BCUT2D eigenvalue weighted by atomic mass is 79.9. The zero-order chi connectivity index (χ0) is 12.6. The minimum absolute atomic E-state index is 0.233. The van der Waals surface area contributed by atoms with Gasteiger partial charge in [0.15, 0.2) is 0 Å². The van der Waals surface area contributed by atoms with E-state index in [1.165, 1.54) is 5.56 Å².